The van der Waals surface area contributed by atoms with Gasteiger partial charge in [-0.1, -0.05) is 12.1 Å². The SMILES string of the molecule is Cc1c(CNc2ccc(N)nn2)cccc1[N+](=O)[O-]. The maximum absolute atomic E-state index is 10.8. The second kappa shape index (κ2) is 5.30. The predicted octanol–water partition coefficient (Wildman–Crippen LogP) is 1.89. The number of nitro groups is 1. The number of rotatable bonds is 4. The van der Waals surface area contributed by atoms with Crippen LogP contribution in [0, 0.1) is 17.0 Å². The number of nitrogen functional groups attached to an aromatic ring is 1. The summed E-state index contributed by atoms with van der Waals surface area (Å²) >= 11 is 0. The normalized spacial score (nSPS) is 10.2. The summed E-state index contributed by atoms with van der Waals surface area (Å²) in [6.07, 6.45) is 0. The molecule has 98 valence electrons. The molecule has 0 aliphatic carbocycles. The highest BCUT2D eigenvalue weighted by Crippen LogP contribution is 2.21. The highest BCUT2D eigenvalue weighted by Gasteiger charge is 2.12. The molecular formula is C12H13N5O2. The monoisotopic (exact) mass is 259 g/mol. The summed E-state index contributed by atoms with van der Waals surface area (Å²) in [5, 5.41) is 21.5. The van der Waals surface area contributed by atoms with Gasteiger partial charge in [-0.25, -0.2) is 0 Å². The van der Waals surface area contributed by atoms with E-state index in [0.717, 1.165) is 5.56 Å². The number of nitro benzene ring substituents is 1. The first-order valence-electron chi connectivity index (χ1n) is 5.64. The number of nitrogens with one attached hydrogen (secondary N) is 1. The van der Waals surface area contributed by atoms with Crippen molar-refractivity contribution >= 4 is 17.3 Å². The van der Waals surface area contributed by atoms with Crippen molar-refractivity contribution in [3.05, 3.63) is 51.6 Å². The van der Waals surface area contributed by atoms with Crippen molar-refractivity contribution in [3.63, 3.8) is 0 Å². The van der Waals surface area contributed by atoms with Gasteiger partial charge in [0, 0.05) is 18.2 Å². The van der Waals surface area contributed by atoms with E-state index in [1.54, 1.807) is 25.1 Å². The zero-order valence-corrected chi connectivity index (χ0v) is 10.3. The van der Waals surface area contributed by atoms with Crippen molar-refractivity contribution in [1.82, 2.24) is 10.2 Å². The average molecular weight is 259 g/mol. The summed E-state index contributed by atoms with van der Waals surface area (Å²) in [7, 11) is 0. The molecule has 1 aromatic carbocycles. The maximum atomic E-state index is 10.8. The van der Waals surface area contributed by atoms with E-state index in [2.05, 4.69) is 15.5 Å². The standard InChI is InChI=1S/C12H13N5O2/c1-8-9(3-2-4-10(8)17(18)19)7-14-12-6-5-11(13)15-16-12/h2-6H,7H2,1H3,(H2,13,15)(H,14,16). The van der Waals surface area contributed by atoms with Crippen LogP contribution >= 0.6 is 0 Å². The lowest BCUT2D eigenvalue weighted by Gasteiger charge is -2.08. The van der Waals surface area contributed by atoms with Gasteiger partial charge < -0.3 is 11.1 Å². The lowest BCUT2D eigenvalue weighted by Crippen LogP contribution is -2.05. The summed E-state index contributed by atoms with van der Waals surface area (Å²) in [4.78, 5) is 10.4. The maximum Gasteiger partial charge on any atom is 0.272 e. The minimum atomic E-state index is -0.387. The van der Waals surface area contributed by atoms with Gasteiger partial charge in [0.25, 0.3) is 5.69 Å². The summed E-state index contributed by atoms with van der Waals surface area (Å²) < 4.78 is 0. The van der Waals surface area contributed by atoms with Crippen LogP contribution in [-0.4, -0.2) is 15.1 Å². The number of hydrogen-bond acceptors (Lipinski definition) is 6. The van der Waals surface area contributed by atoms with Crippen LogP contribution in [-0.2, 0) is 6.54 Å². The Bertz CT molecular complexity index is 598. The summed E-state index contributed by atoms with van der Waals surface area (Å²) in [6, 6.07) is 8.32. The Morgan fingerprint density at radius 1 is 1.32 bits per heavy atom. The van der Waals surface area contributed by atoms with Crippen LogP contribution in [0.15, 0.2) is 30.3 Å². The molecule has 0 unspecified atom stereocenters. The summed E-state index contributed by atoms with van der Waals surface area (Å²) in [5.41, 5.74) is 7.03. The van der Waals surface area contributed by atoms with Crippen molar-refractivity contribution in [3.8, 4) is 0 Å². The van der Waals surface area contributed by atoms with Gasteiger partial charge in [-0.3, -0.25) is 10.1 Å². The van der Waals surface area contributed by atoms with Crippen LogP contribution in [0.2, 0.25) is 0 Å². The van der Waals surface area contributed by atoms with E-state index in [-0.39, 0.29) is 10.6 Å². The van der Waals surface area contributed by atoms with Crippen molar-refractivity contribution in [2.75, 3.05) is 11.1 Å². The molecule has 1 heterocycles. The van der Waals surface area contributed by atoms with Gasteiger partial charge in [-0.05, 0) is 24.6 Å². The molecule has 0 radical (unpaired) electrons. The molecule has 3 N–H and O–H groups in total. The molecule has 0 aliphatic heterocycles. The van der Waals surface area contributed by atoms with Crippen molar-refractivity contribution in [2.45, 2.75) is 13.5 Å². The molecule has 0 spiro atoms. The molecule has 0 amide bonds. The smallest absolute Gasteiger partial charge is 0.272 e. The second-order valence-electron chi connectivity index (χ2n) is 4.02. The Labute approximate surface area is 109 Å². The molecule has 0 saturated carbocycles. The van der Waals surface area contributed by atoms with Gasteiger partial charge in [0.05, 0.1) is 4.92 Å². The van der Waals surface area contributed by atoms with E-state index < -0.39 is 0 Å². The summed E-state index contributed by atoms with van der Waals surface area (Å²) in [5.74, 6) is 0.914. The van der Waals surface area contributed by atoms with Gasteiger partial charge in [0.15, 0.2) is 0 Å². The van der Waals surface area contributed by atoms with Crippen LogP contribution < -0.4 is 11.1 Å². The number of hydrogen-bond donors (Lipinski definition) is 2. The van der Waals surface area contributed by atoms with Crippen LogP contribution in [0.4, 0.5) is 17.3 Å². The molecule has 0 saturated heterocycles. The Morgan fingerprint density at radius 3 is 2.74 bits per heavy atom. The van der Waals surface area contributed by atoms with Crippen molar-refractivity contribution in [1.29, 1.82) is 0 Å². The van der Waals surface area contributed by atoms with E-state index >= 15 is 0 Å². The molecule has 7 heteroatoms. The fourth-order valence-electron chi connectivity index (χ4n) is 1.68. The van der Waals surface area contributed by atoms with Crippen LogP contribution in [0.1, 0.15) is 11.1 Å². The molecule has 19 heavy (non-hydrogen) atoms. The zero-order chi connectivity index (χ0) is 13.8. The molecule has 2 rings (SSSR count). The molecule has 0 atom stereocenters. The van der Waals surface area contributed by atoms with Gasteiger partial charge in [-0.2, -0.15) is 0 Å². The van der Waals surface area contributed by atoms with E-state index in [0.29, 0.717) is 23.7 Å². The van der Waals surface area contributed by atoms with Gasteiger partial charge >= 0.3 is 0 Å². The van der Waals surface area contributed by atoms with Crippen LogP contribution in [0.3, 0.4) is 0 Å². The van der Waals surface area contributed by atoms with Crippen LogP contribution in [0.5, 0.6) is 0 Å². The zero-order valence-electron chi connectivity index (χ0n) is 10.3. The largest absolute Gasteiger partial charge is 0.382 e. The molecular weight excluding hydrogens is 246 g/mol. The van der Waals surface area contributed by atoms with Gasteiger partial charge in [0.1, 0.15) is 11.6 Å². The first-order chi connectivity index (χ1) is 9.08. The van der Waals surface area contributed by atoms with E-state index in [1.807, 2.05) is 6.07 Å². The minimum absolute atomic E-state index is 0.114. The fraction of sp³-hybridized carbons (Fsp3) is 0.167. The Kier molecular flexibility index (Phi) is 3.56. The average Bonchev–Trinajstić information content (AvgIpc) is 2.39. The minimum Gasteiger partial charge on any atom is -0.382 e. The van der Waals surface area contributed by atoms with Crippen molar-refractivity contribution in [2.24, 2.45) is 0 Å². The molecule has 0 bridgehead atoms. The quantitative estimate of drug-likeness (QED) is 0.641. The molecule has 0 aliphatic rings. The first-order valence-corrected chi connectivity index (χ1v) is 5.64. The number of nitrogens with two attached hydrogens (primary N) is 1. The van der Waals surface area contributed by atoms with Gasteiger partial charge in [0.2, 0.25) is 0 Å². The van der Waals surface area contributed by atoms with E-state index in [9.17, 15) is 10.1 Å². The molecule has 1 aromatic heterocycles. The first kappa shape index (κ1) is 12.7. The van der Waals surface area contributed by atoms with Crippen LogP contribution in [0.25, 0.3) is 0 Å². The Balaban J connectivity index is 2.13. The second-order valence-corrected chi connectivity index (χ2v) is 4.02. The number of benzene rings is 1. The third-order valence-corrected chi connectivity index (χ3v) is 2.76. The Hall–Kier alpha value is -2.70. The lowest BCUT2D eigenvalue weighted by molar-refractivity contribution is -0.385. The third kappa shape index (κ3) is 2.95. The lowest BCUT2D eigenvalue weighted by atomic mass is 10.1. The highest BCUT2D eigenvalue weighted by atomic mass is 16.6. The fourth-order valence-corrected chi connectivity index (χ4v) is 1.68. The Morgan fingerprint density at radius 2 is 2.11 bits per heavy atom. The molecule has 2 aromatic rings. The van der Waals surface area contributed by atoms with E-state index in [4.69, 9.17) is 5.73 Å². The number of anilines is 2. The van der Waals surface area contributed by atoms with Gasteiger partial charge in [-0.15, -0.1) is 10.2 Å². The molecule has 7 nitrogen and oxygen atoms in total. The summed E-state index contributed by atoms with van der Waals surface area (Å²) in [6.45, 7) is 2.16. The number of aromatic nitrogens is 2. The van der Waals surface area contributed by atoms with E-state index in [1.165, 1.54) is 6.07 Å². The topological polar surface area (TPSA) is 107 Å². The highest BCUT2D eigenvalue weighted by molar-refractivity contribution is 5.46. The molecule has 0 fully saturated rings. The number of nitrogens with zero attached hydrogens (tertiary/aromatic N) is 3. The third-order valence-electron chi connectivity index (χ3n) is 2.76. The van der Waals surface area contributed by atoms with Crippen molar-refractivity contribution < 1.29 is 4.92 Å². The predicted molar refractivity (Wildman–Crippen MR) is 71.6 cm³/mol.